The summed E-state index contributed by atoms with van der Waals surface area (Å²) in [6.45, 7) is 0. The van der Waals surface area contributed by atoms with E-state index in [1.54, 1.807) is 0 Å². The third kappa shape index (κ3) is 4.19. The van der Waals surface area contributed by atoms with Gasteiger partial charge in [0.15, 0.2) is 0 Å². The van der Waals surface area contributed by atoms with Crippen molar-refractivity contribution in [2.45, 2.75) is 0 Å². The summed E-state index contributed by atoms with van der Waals surface area (Å²) < 4.78 is 2.44. The van der Waals surface area contributed by atoms with Gasteiger partial charge in [-0.1, -0.05) is 146 Å². The summed E-state index contributed by atoms with van der Waals surface area (Å²) in [7, 11) is 0. The molecule has 1 aromatic heterocycles. The minimum Gasteiger partial charge on any atom is -0.309 e. The van der Waals surface area contributed by atoms with Crippen molar-refractivity contribution in [1.29, 1.82) is 0 Å². The number of hydrogen-bond donors (Lipinski definition) is 0. The molecule has 52 heavy (non-hydrogen) atoms. The van der Waals surface area contributed by atoms with Gasteiger partial charge in [0.1, 0.15) is 0 Å². The Labute approximate surface area is 302 Å². The molecule has 0 saturated carbocycles. The number of aromatic nitrogens is 1. The maximum Gasteiger partial charge on any atom is 0.0641 e. The first-order chi connectivity index (χ1) is 25.8. The van der Waals surface area contributed by atoms with Crippen molar-refractivity contribution in [3.63, 3.8) is 0 Å². The average Bonchev–Trinajstić information content (AvgIpc) is 3.50. The van der Waals surface area contributed by atoms with Crippen molar-refractivity contribution in [2.75, 3.05) is 4.90 Å². The standard InChI is InChI=1S/C50H32N2/c1-2-14-35(15-3-1)52-47-24-12-9-21-43(47)49-42-20-8-11-23-46(42)51(48-25-13-10-22-44(48)50(49)52)36-29-26-33(27-30-36)34-28-31-41-39-18-5-4-16-37(39)38-17-6-7-19-40(38)45(41)32-34/h1-32H. The van der Waals surface area contributed by atoms with Gasteiger partial charge in [-0.2, -0.15) is 0 Å². The zero-order valence-electron chi connectivity index (χ0n) is 28.4. The van der Waals surface area contributed by atoms with Gasteiger partial charge in [-0.25, -0.2) is 0 Å². The van der Waals surface area contributed by atoms with E-state index >= 15 is 0 Å². The van der Waals surface area contributed by atoms with Crippen LogP contribution in [0.2, 0.25) is 0 Å². The Morgan fingerprint density at radius 3 is 1.50 bits per heavy atom. The molecule has 2 nitrogen and oxygen atoms in total. The van der Waals surface area contributed by atoms with Crippen molar-refractivity contribution in [1.82, 2.24) is 4.57 Å². The molecule has 0 radical (unpaired) electrons. The van der Waals surface area contributed by atoms with Gasteiger partial charge in [-0.05, 0) is 92.0 Å². The number of fused-ring (bicyclic) bond motifs is 13. The van der Waals surface area contributed by atoms with Crippen LogP contribution in [-0.4, -0.2) is 4.57 Å². The van der Waals surface area contributed by atoms with Crippen LogP contribution >= 0.6 is 0 Å². The second-order valence-electron chi connectivity index (χ2n) is 13.7. The molecule has 0 saturated heterocycles. The van der Waals surface area contributed by atoms with Crippen LogP contribution in [0, 0.1) is 0 Å². The van der Waals surface area contributed by atoms with E-state index in [-0.39, 0.29) is 0 Å². The third-order valence-electron chi connectivity index (χ3n) is 10.9. The summed E-state index contributed by atoms with van der Waals surface area (Å²) in [5.41, 5.74) is 13.1. The van der Waals surface area contributed by atoms with E-state index in [1.807, 2.05) is 0 Å². The van der Waals surface area contributed by atoms with E-state index in [0.29, 0.717) is 0 Å². The first-order valence-corrected chi connectivity index (χ1v) is 17.9. The lowest BCUT2D eigenvalue weighted by Gasteiger charge is -2.27. The van der Waals surface area contributed by atoms with Crippen LogP contribution in [0.15, 0.2) is 194 Å². The van der Waals surface area contributed by atoms with Crippen LogP contribution in [0.3, 0.4) is 0 Å². The quantitative estimate of drug-likeness (QED) is 0.171. The Kier molecular flexibility index (Phi) is 6.28. The molecule has 0 aliphatic carbocycles. The molecule has 0 fully saturated rings. The average molecular weight is 661 g/mol. The van der Waals surface area contributed by atoms with Crippen LogP contribution in [0.4, 0.5) is 17.1 Å². The van der Waals surface area contributed by atoms with Gasteiger partial charge in [0.25, 0.3) is 0 Å². The molecule has 0 amide bonds. The molecule has 242 valence electrons. The van der Waals surface area contributed by atoms with E-state index in [2.05, 4.69) is 204 Å². The minimum atomic E-state index is 1.13. The van der Waals surface area contributed by atoms with Crippen molar-refractivity contribution in [3.05, 3.63) is 194 Å². The molecule has 0 N–H and O–H groups in total. The number of anilines is 3. The number of para-hydroxylation sites is 4. The highest BCUT2D eigenvalue weighted by Crippen LogP contribution is 2.54. The summed E-state index contributed by atoms with van der Waals surface area (Å²) in [4.78, 5) is 2.44. The molecule has 11 rings (SSSR count). The summed E-state index contributed by atoms with van der Waals surface area (Å²) in [5.74, 6) is 0. The van der Waals surface area contributed by atoms with Gasteiger partial charge in [0.2, 0.25) is 0 Å². The van der Waals surface area contributed by atoms with Gasteiger partial charge < -0.3 is 9.47 Å². The Hall–Kier alpha value is -6.90. The lowest BCUT2D eigenvalue weighted by Crippen LogP contribution is -2.11. The predicted molar refractivity (Wildman–Crippen MR) is 220 cm³/mol. The minimum absolute atomic E-state index is 1.13. The summed E-state index contributed by atoms with van der Waals surface area (Å²) >= 11 is 0. The predicted octanol–water partition coefficient (Wildman–Crippen LogP) is 13.9. The number of nitrogens with zero attached hydrogens (tertiary/aromatic N) is 2. The molecule has 0 spiro atoms. The molecule has 1 aliphatic heterocycles. The van der Waals surface area contributed by atoms with E-state index < -0.39 is 0 Å². The fourth-order valence-corrected chi connectivity index (χ4v) is 8.66. The molecular formula is C50H32N2. The fourth-order valence-electron chi connectivity index (χ4n) is 8.66. The molecule has 1 aliphatic rings. The van der Waals surface area contributed by atoms with E-state index in [9.17, 15) is 0 Å². The monoisotopic (exact) mass is 660 g/mol. The Morgan fingerprint density at radius 2 is 0.808 bits per heavy atom. The highest BCUT2D eigenvalue weighted by molar-refractivity contribution is 6.25. The smallest absolute Gasteiger partial charge is 0.0641 e. The van der Waals surface area contributed by atoms with Crippen LogP contribution in [0.5, 0.6) is 0 Å². The second kappa shape index (κ2) is 11.3. The zero-order valence-corrected chi connectivity index (χ0v) is 28.4. The summed E-state index contributed by atoms with van der Waals surface area (Å²) in [6.07, 6.45) is 0. The molecule has 2 heterocycles. The second-order valence-corrected chi connectivity index (χ2v) is 13.7. The maximum absolute atomic E-state index is 2.44. The Morgan fingerprint density at radius 1 is 0.308 bits per heavy atom. The number of rotatable bonds is 3. The van der Waals surface area contributed by atoms with E-state index in [0.717, 1.165) is 17.1 Å². The largest absolute Gasteiger partial charge is 0.309 e. The molecule has 0 bridgehead atoms. The van der Waals surface area contributed by atoms with Gasteiger partial charge >= 0.3 is 0 Å². The van der Waals surface area contributed by atoms with Gasteiger partial charge in [0, 0.05) is 33.5 Å². The van der Waals surface area contributed by atoms with Crippen LogP contribution < -0.4 is 4.90 Å². The SMILES string of the molecule is c1ccc(-n2c3c(c4ccccc42)-c2ccccc2N(c2ccc(-c4ccc5c6ccccc6c6ccccc6c5c4)cc2)c2ccccc2-3)cc1. The zero-order chi connectivity index (χ0) is 34.2. The van der Waals surface area contributed by atoms with Crippen LogP contribution in [-0.2, 0) is 0 Å². The number of benzene rings is 9. The molecule has 0 atom stereocenters. The molecule has 10 aromatic rings. The summed E-state index contributed by atoms with van der Waals surface area (Å²) in [6, 6.07) is 71.0. The number of hydrogen-bond acceptors (Lipinski definition) is 1. The summed E-state index contributed by atoms with van der Waals surface area (Å²) in [5, 5.41) is 9.01. The van der Waals surface area contributed by atoms with Crippen LogP contribution in [0.25, 0.3) is 82.4 Å². The lowest BCUT2D eigenvalue weighted by molar-refractivity contribution is 1.13. The topological polar surface area (TPSA) is 8.17 Å². The van der Waals surface area contributed by atoms with Gasteiger partial charge in [-0.3, -0.25) is 0 Å². The van der Waals surface area contributed by atoms with Crippen molar-refractivity contribution >= 4 is 60.3 Å². The van der Waals surface area contributed by atoms with Crippen molar-refractivity contribution < 1.29 is 0 Å². The van der Waals surface area contributed by atoms with Crippen molar-refractivity contribution in [3.8, 4) is 39.2 Å². The molecule has 0 unspecified atom stereocenters. The van der Waals surface area contributed by atoms with Gasteiger partial charge in [0.05, 0.1) is 22.6 Å². The fraction of sp³-hybridized carbons (Fsp3) is 0. The lowest BCUT2D eigenvalue weighted by atomic mass is 9.92. The first-order valence-electron chi connectivity index (χ1n) is 17.9. The van der Waals surface area contributed by atoms with Crippen LogP contribution in [0.1, 0.15) is 0 Å². The highest BCUT2D eigenvalue weighted by Gasteiger charge is 2.31. The normalized spacial score (nSPS) is 12.2. The van der Waals surface area contributed by atoms with E-state index in [4.69, 9.17) is 0 Å². The Bertz CT molecular complexity index is 2970. The molecule has 2 heteroatoms. The first kappa shape index (κ1) is 28.9. The molecular weight excluding hydrogens is 629 g/mol. The maximum atomic E-state index is 2.44. The van der Waals surface area contributed by atoms with Crippen molar-refractivity contribution in [2.24, 2.45) is 0 Å². The molecule has 9 aromatic carbocycles. The third-order valence-corrected chi connectivity index (χ3v) is 10.9. The van der Waals surface area contributed by atoms with Gasteiger partial charge in [-0.15, -0.1) is 0 Å². The van der Waals surface area contributed by atoms with E-state index in [1.165, 1.54) is 82.4 Å². The Balaban J connectivity index is 1.10. The highest BCUT2D eigenvalue weighted by atomic mass is 15.2.